The van der Waals surface area contributed by atoms with Gasteiger partial charge in [-0.05, 0) is 86.2 Å². The van der Waals surface area contributed by atoms with Gasteiger partial charge in [-0.15, -0.1) is 0 Å². The van der Waals surface area contributed by atoms with Crippen molar-refractivity contribution in [3.8, 4) is 11.1 Å². The summed E-state index contributed by atoms with van der Waals surface area (Å²) in [5, 5.41) is 0. The lowest BCUT2D eigenvalue weighted by atomic mass is 9.98. The van der Waals surface area contributed by atoms with Crippen molar-refractivity contribution in [3.63, 3.8) is 0 Å². The maximum Gasteiger partial charge on any atom is 0.269 e. The lowest BCUT2D eigenvalue weighted by Gasteiger charge is -2.41. The molecule has 3 heterocycles. The van der Waals surface area contributed by atoms with Crippen molar-refractivity contribution in [2.75, 3.05) is 26.2 Å². The van der Waals surface area contributed by atoms with Gasteiger partial charge in [-0.25, -0.2) is 8.78 Å². The summed E-state index contributed by atoms with van der Waals surface area (Å²) in [6.07, 6.45) is 8.15. The quantitative estimate of drug-likeness (QED) is 0.515. The predicted octanol–water partition coefficient (Wildman–Crippen LogP) is 5.79. The van der Waals surface area contributed by atoms with Crippen molar-refractivity contribution in [3.05, 3.63) is 71.7 Å². The van der Waals surface area contributed by atoms with Crippen LogP contribution in [0.1, 0.15) is 50.5 Å². The topological polar surface area (TPSA) is 26.8 Å². The summed E-state index contributed by atoms with van der Waals surface area (Å²) in [4.78, 5) is 20.6. The minimum Gasteiger partial charge on any atom is -0.360 e. The van der Waals surface area contributed by atoms with Gasteiger partial charge in [-0.2, -0.15) is 0 Å². The van der Waals surface area contributed by atoms with Gasteiger partial charge >= 0.3 is 0 Å². The van der Waals surface area contributed by atoms with E-state index in [-0.39, 0.29) is 11.7 Å². The van der Waals surface area contributed by atoms with E-state index in [0.717, 1.165) is 80.5 Å². The zero-order valence-corrected chi connectivity index (χ0v) is 21.5. The number of allylic oxidation sites excluding steroid dienone is 1. The van der Waals surface area contributed by atoms with Crippen LogP contribution >= 0.6 is 0 Å². The van der Waals surface area contributed by atoms with Crippen LogP contribution in [0.4, 0.5) is 8.78 Å². The monoisotopic (exact) mass is 505 g/mol. The average Bonchev–Trinajstić information content (AvgIpc) is 3.71. The number of benzene rings is 2. The molecule has 0 aromatic heterocycles. The summed E-state index contributed by atoms with van der Waals surface area (Å²) in [5.41, 5.74) is 4.08. The van der Waals surface area contributed by atoms with Crippen LogP contribution in [0.3, 0.4) is 0 Å². The number of piperidine rings is 2. The Bertz CT molecular complexity index is 1140. The van der Waals surface area contributed by atoms with Crippen molar-refractivity contribution in [2.24, 2.45) is 5.92 Å². The minimum atomic E-state index is -0.706. The van der Waals surface area contributed by atoms with Gasteiger partial charge in [0.25, 0.3) is 5.91 Å². The summed E-state index contributed by atoms with van der Waals surface area (Å²) < 4.78 is 27.5. The second-order valence-electron chi connectivity index (χ2n) is 11.3. The molecule has 2 aromatic rings. The Morgan fingerprint density at radius 2 is 1.73 bits per heavy atom. The Morgan fingerprint density at radius 3 is 2.51 bits per heavy atom. The predicted molar refractivity (Wildman–Crippen MR) is 142 cm³/mol. The molecule has 196 valence electrons. The number of hydrogen-bond acceptors (Lipinski definition) is 3. The molecule has 1 aliphatic carbocycles. The van der Waals surface area contributed by atoms with Gasteiger partial charge in [0, 0.05) is 38.3 Å². The fraction of sp³-hybridized carbons (Fsp3) is 0.516. The first-order chi connectivity index (χ1) is 18.1. The smallest absolute Gasteiger partial charge is 0.269 e. The van der Waals surface area contributed by atoms with Crippen LogP contribution < -0.4 is 0 Å². The molecule has 6 heteroatoms. The van der Waals surface area contributed by atoms with Gasteiger partial charge in [-0.3, -0.25) is 9.69 Å². The molecule has 2 aromatic carbocycles. The number of fused-ring (bicyclic) bond motifs is 1. The van der Waals surface area contributed by atoms with E-state index >= 15 is 0 Å². The first-order valence-corrected chi connectivity index (χ1v) is 14.0. The summed E-state index contributed by atoms with van der Waals surface area (Å²) >= 11 is 0. The number of carbonyl (C=O) groups is 1. The Balaban J connectivity index is 1.18. The van der Waals surface area contributed by atoms with E-state index in [1.165, 1.54) is 12.1 Å². The van der Waals surface area contributed by atoms with Crippen LogP contribution in [0.15, 0.2) is 60.3 Å². The first-order valence-electron chi connectivity index (χ1n) is 14.0. The molecule has 3 unspecified atom stereocenters. The Morgan fingerprint density at radius 1 is 0.946 bits per heavy atom. The number of carbonyl (C=O) groups excluding carboxylic acids is 1. The molecule has 6 rings (SSSR count). The zero-order valence-electron chi connectivity index (χ0n) is 21.5. The van der Waals surface area contributed by atoms with Gasteiger partial charge in [0.2, 0.25) is 0 Å². The molecule has 4 aliphatic rings. The third-order valence-corrected chi connectivity index (χ3v) is 8.87. The van der Waals surface area contributed by atoms with Crippen molar-refractivity contribution < 1.29 is 13.6 Å². The van der Waals surface area contributed by atoms with Crippen LogP contribution in [0.5, 0.6) is 0 Å². The highest BCUT2D eigenvalue weighted by Crippen LogP contribution is 2.45. The minimum absolute atomic E-state index is 0.146. The number of likely N-dealkylation sites (tertiary alicyclic amines) is 2. The molecule has 1 saturated carbocycles. The van der Waals surface area contributed by atoms with Crippen molar-refractivity contribution >= 4 is 5.91 Å². The van der Waals surface area contributed by atoms with E-state index in [0.29, 0.717) is 37.5 Å². The Kier molecular flexibility index (Phi) is 7.02. The third kappa shape index (κ3) is 5.31. The van der Waals surface area contributed by atoms with Crippen LogP contribution in [-0.4, -0.2) is 65.0 Å². The van der Waals surface area contributed by atoms with Gasteiger partial charge in [0.05, 0.1) is 5.70 Å². The Hall–Kier alpha value is -2.73. The summed E-state index contributed by atoms with van der Waals surface area (Å²) in [6, 6.07) is 15.7. The highest BCUT2D eigenvalue weighted by molar-refractivity contribution is 5.93. The van der Waals surface area contributed by atoms with Crippen LogP contribution in [0.25, 0.3) is 11.1 Å². The van der Waals surface area contributed by atoms with E-state index < -0.39 is 6.17 Å². The van der Waals surface area contributed by atoms with Crippen molar-refractivity contribution in [2.45, 2.75) is 69.7 Å². The van der Waals surface area contributed by atoms with Crippen LogP contribution in [-0.2, 0) is 11.3 Å². The number of nitrogens with zero attached hydrogens (tertiary/aromatic N) is 3. The van der Waals surface area contributed by atoms with E-state index in [4.69, 9.17) is 0 Å². The van der Waals surface area contributed by atoms with E-state index in [1.807, 2.05) is 29.2 Å². The number of rotatable bonds is 5. The third-order valence-electron chi connectivity index (χ3n) is 8.87. The van der Waals surface area contributed by atoms with Crippen molar-refractivity contribution in [1.29, 1.82) is 0 Å². The summed E-state index contributed by atoms with van der Waals surface area (Å²) in [7, 11) is 0. The van der Waals surface area contributed by atoms with E-state index in [9.17, 15) is 13.6 Å². The highest BCUT2D eigenvalue weighted by atomic mass is 19.1. The number of hydrogen-bond donors (Lipinski definition) is 0. The molecule has 0 N–H and O–H groups in total. The Labute approximate surface area is 218 Å². The fourth-order valence-corrected chi connectivity index (χ4v) is 6.70. The standard InChI is InChI=1S/C31H37F2N3O/c32-25-12-10-22(11-13-25)28-8-2-1-5-24(28)20-36-29(9-3-6-23-19-30(23)36)31(37)34-17-14-27(15-18-34)35-16-4-7-26(33)21-35/h1-2,5,8-13,23,26-27,30H,3-4,6-7,14-21H2. The summed E-state index contributed by atoms with van der Waals surface area (Å²) in [6.45, 7) is 3.68. The molecule has 0 bridgehead atoms. The molecule has 37 heavy (non-hydrogen) atoms. The summed E-state index contributed by atoms with van der Waals surface area (Å²) in [5.74, 6) is 0.559. The molecule has 1 amide bonds. The SMILES string of the molecule is O=C(C1=CCCC2CC2N1Cc1ccccc1-c1ccc(F)cc1)N1CCC(N2CCCC(F)C2)CC1. The molecule has 3 atom stereocenters. The number of alkyl halides is 1. The molecular weight excluding hydrogens is 468 g/mol. The van der Waals surface area contributed by atoms with Crippen LogP contribution in [0.2, 0.25) is 0 Å². The zero-order chi connectivity index (χ0) is 25.4. The molecule has 0 spiro atoms. The second kappa shape index (κ2) is 10.6. The van der Waals surface area contributed by atoms with Gasteiger partial charge < -0.3 is 9.80 Å². The fourth-order valence-electron chi connectivity index (χ4n) is 6.70. The van der Waals surface area contributed by atoms with Gasteiger partial charge in [-0.1, -0.05) is 42.5 Å². The number of halogens is 2. The van der Waals surface area contributed by atoms with Gasteiger partial charge in [0.1, 0.15) is 12.0 Å². The van der Waals surface area contributed by atoms with Gasteiger partial charge in [0.15, 0.2) is 0 Å². The largest absolute Gasteiger partial charge is 0.360 e. The molecule has 3 fully saturated rings. The average molecular weight is 506 g/mol. The van der Waals surface area contributed by atoms with E-state index in [1.54, 1.807) is 0 Å². The molecule has 3 aliphatic heterocycles. The molecular formula is C31H37F2N3O. The van der Waals surface area contributed by atoms with E-state index in [2.05, 4.69) is 28.0 Å². The maximum absolute atomic E-state index is 14.0. The lowest BCUT2D eigenvalue weighted by molar-refractivity contribution is -0.130. The number of amides is 1. The highest BCUT2D eigenvalue weighted by Gasteiger charge is 2.45. The molecule has 2 saturated heterocycles. The lowest BCUT2D eigenvalue weighted by Crippen LogP contribution is -2.51. The normalized spacial score (nSPS) is 26.9. The van der Waals surface area contributed by atoms with Crippen molar-refractivity contribution in [1.82, 2.24) is 14.7 Å². The molecule has 0 radical (unpaired) electrons. The first kappa shape index (κ1) is 24.6. The molecule has 4 nitrogen and oxygen atoms in total. The van der Waals surface area contributed by atoms with Crippen LogP contribution in [0, 0.1) is 11.7 Å². The second-order valence-corrected chi connectivity index (χ2v) is 11.3. The maximum atomic E-state index is 14.0.